The summed E-state index contributed by atoms with van der Waals surface area (Å²) in [4.78, 5) is 0. The first-order chi connectivity index (χ1) is 9.99. The monoisotopic (exact) mass is 286 g/mol. The Morgan fingerprint density at radius 1 is 1.10 bits per heavy atom. The van der Waals surface area contributed by atoms with Crippen LogP contribution in [0.25, 0.3) is 11.1 Å². The smallest absolute Gasteiger partial charge is 0.125 e. The number of rotatable bonds is 4. The van der Waals surface area contributed by atoms with E-state index in [1.54, 1.807) is 12.1 Å². The van der Waals surface area contributed by atoms with Gasteiger partial charge in [-0.05, 0) is 47.0 Å². The van der Waals surface area contributed by atoms with Gasteiger partial charge in [0.25, 0.3) is 0 Å². The van der Waals surface area contributed by atoms with Crippen LogP contribution in [0.3, 0.4) is 0 Å². The van der Waals surface area contributed by atoms with Crippen molar-refractivity contribution in [2.24, 2.45) is 0 Å². The van der Waals surface area contributed by atoms with Gasteiger partial charge in [-0.2, -0.15) is 5.26 Å². The molecule has 0 saturated heterocycles. The van der Waals surface area contributed by atoms with E-state index in [1.165, 1.54) is 24.3 Å². The minimum absolute atomic E-state index is 0.247. The molecule has 0 aliphatic rings. The lowest BCUT2D eigenvalue weighted by molar-refractivity contribution is 0.582. The topological polar surface area (TPSA) is 35.8 Å². The molecule has 2 rings (SSSR count). The van der Waals surface area contributed by atoms with Crippen LogP contribution in [-0.2, 0) is 6.54 Å². The molecule has 0 aromatic heterocycles. The van der Waals surface area contributed by atoms with E-state index < -0.39 is 5.82 Å². The number of benzene rings is 2. The van der Waals surface area contributed by atoms with Crippen molar-refractivity contribution in [2.75, 3.05) is 0 Å². The van der Waals surface area contributed by atoms with E-state index in [4.69, 9.17) is 5.26 Å². The predicted octanol–water partition coefficient (Wildman–Crippen LogP) is 4.00. The van der Waals surface area contributed by atoms with Gasteiger partial charge in [0, 0.05) is 12.6 Å². The Bertz CT molecular complexity index is 688. The van der Waals surface area contributed by atoms with Crippen molar-refractivity contribution in [3.8, 4) is 17.2 Å². The van der Waals surface area contributed by atoms with Gasteiger partial charge in [0.15, 0.2) is 0 Å². The highest BCUT2D eigenvalue weighted by atomic mass is 19.1. The summed E-state index contributed by atoms with van der Waals surface area (Å²) in [7, 11) is 0. The number of hydrogen-bond donors (Lipinski definition) is 1. The molecule has 2 nitrogen and oxygen atoms in total. The summed E-state index contributed by atoms with van der Waals surface area (Å²) < 4.78 is 27.0. The molecular formula is C17H16F2N2. The first-order valence-electron chi connectivity index (χ1n) is 6.72. The first-order valence-corrected chi connectivity index (χ1v) is 6.72. The van der Waals surface area contributed by atoms with E-state index in [9.17, 15) is 8.78 Å². The van der Waals surface area contributed by atoms with Crippen molar-refractivity contribution in [3.63, 3.8) is 0 Å². The van der Waals surface area contributed by atoms with Crippen molar-refractivity contribution in [1.29, 1.82) is 5.26 Å². The van der Waals surface area contributed by atoms with Gasteiger partial charge in [0.2, 0.25) is 0 Å². The van der Waals surface area contributed by atoms with Crippen LogP contribution in [0.4, 0.5) is 8.78 Å². The molecule has 0 heterocycles. The predicted molar refractivity (Wildman–Crippen MR) is 78.5 cm³/mol. The van der Waals surface area contributed by atoms with Crippen LogP contribution in [0.5, 0.6) is 0 Å². The lowest BCUT2D eigenvalue weighted by Crippen LogP contribution is -2.22. The molecule has 2 aromatic carbocycles. The Morgan fingerprint density at radius 3 is 2.52 bits per heavy atom. The van der Waals surface area contributed by atoms with Crippen LogP contribution in [0, 0.1) is 23.0 Å². The summed E-state index contributed by atoms with van der Waals surface area (Å²) in [6.07, 6.45) is 0. The number of halogens is 2. The standard InChI is InChI=1S/C17H16F2N2/c1-11(2)21-10-14-8-15(18)3-4-17(14)13-5-12(9-20)6-16(19)7-13/h3-8,11,21H,10H2,1-2H3. The van der Waals surface area contributed by atoms with Gasteiger partial charge in [-0.3, -0.25) is 0 Å². The fourth-order valence-corrected chi connectivity index (χ4v) is 2.11. The van der Waals surface area contributed by atoms with Crippen LogP contribution in [0.2, 0.25) is 0 Å². The minimum atomic E-state index is -0.476. The molecule has 0 spiro atoms. The average molecular weight is 286 g/mol. The number of nitriles is 1. The second kappa shape index (κ2) is 6.47. The summed E-state index contributed by atoms with van der Waals surface area (Å²) in [5.74, 6) is -0.813. The first kappa shape index (κ1) is 15.1. The molecule has 0 saturated carbocycles. The molecule has 0 unspecified atom stereocenters. The molecule has 0 fully saturated rings. The Balaban J connectivity index is 2.48. The molecule has 0 bridgehead atoms. The zero-order valence-corrected chi connectivity index (χ0v) is 12.0. The largest absolute Gasteiger partial charge is 0.310 e. The van der Waals surface area contributed by atoms with Gasteiger partial charge < -0.3 is 5.32 Å². The zero-order chi connectivity index (χ0) is 15.4. The van der Waals surface area contributed by atoms with Gasteiger partial charge in [0.05, 0.1) is 11.6 Å². The second-order valence-corrected chi connectivity index (χ2v) is 5.18. The molecule has 0 radical (unpaired) electrons. The third kappa shape index (κ3) is 3.87. The second-order valence-electron chi connectivity index (χ2n) is 5.18. The van der Waals surface area contributed by atoms with E-state index in [0.717, 1.165) is 11.1 Å². The molecule has 1 N–H and O–H groups in total. The average Bonchev–Trinajstić information content (AvgIpc) is 2.44. The van der Waals surface area contributed by atoms with Crippen molar-refractivity contribution >= 4 is 0 Å². The Kier molecular flexibility index (Phi) is 4.66. The molecule has 4 heteroatoms. The molecule has 2 aromatic rings. The lowest BCUT2D eigenvalue weighted by Gasteiger charge is -2.13. The van der Waals surface area contributed by atoms with E-state index in [1.807, 2.05) is 19.9 Å². The van der Waals surface area contributed by atoms with E-state index in [0.29, 0.717) is 12.1 Å². The summed E-state index contributed by atoms with van der Waals surface area (Å²) in [5, 5.41) is 12.2. The van der Waals surface area contributed by atoms with E-state index >= 15 is 0 Å². The lowest BCUT2D eigenvalue weighted by atomic mass is 9.97. The SMILES string of the molecule is CC(C)NCc1cc(F)ccc1-c1cc(F)cc(C#N)c1. The van der Waals surface area contributed by atoms with Crippen molar-refractivity contribution in [3.05, 3.63) is 59.2 Å². The van der Waals surface area contributed by atoms with Crippen LogP contribution in [0.1, 0.15) is 25.0 Å². The normalized spacial score (nSPS) is 10.7. The molecule has 21 heavy (non-hydrogen) atoms. The Morgan fingerprint density at radius 2 is 1.86 bits per heavy atom. The third-order valence-corrected chi connectivity index (χ3v) is 3.11. The molecule has 0 atom stereocenters. The van der Waals surface area contributed by atoms with Crippen molar-refractivity contribution < 1.29 is 8.78 Å². The van der Waals surface area contributed by atoms with Crippen molar-refractivity contribution in [1.82, 2.24) is 5.32 Å². The molecule has 108 valence electrons. The summed E-state index contributed by atoms with van der Waals surface area (Å²) in [5.41, 5.74) is 2.28. The highest BCUT2D eigenvalue weighted by Gasteiger charge is 2.10. The Hall–Kier alpha value is -2.25. The highest BCUT2D eigenvalue weighted by molar-refractivity contribution is 5.69. The maximum Gasteiger partial charge on any atom is 0.125 e. The number of nitrogens with zero attached hydrogens (tertiary/aromatic N) is 1. The number of nitrogens with one attached hydrogen (secondary N) is 1. The van der Waals surface area contributed by atoms with Gasteiger partial charge in [0.1, 0.15) is 11.6 Å². The maximum absolute atomic E-state index is 13.6. The summed E-state index contributed by atoms with van der Waals surface area (Å²) in [6, 6.07) is 10.7. The fraction of sp³-hybridized carbons (Fsp3) is 0.235. The van der Waals surface area contributed by atoms with E-state index in [-0.39, 0.29) is 17.4 Å². The van der Waals surface area contributed by atoms with Crippen LogP contribution >= 0.6 is 0 Å². The Labute approximate surface area is 123 Å². The van der Waals surface area contributed by atoms with Gasteiger partial charge in [-0.15, -0.1) is 0 Å². The molecular weight excluding hydrogens is 270 g/mol. The molecule has 0 amide bonds. The van der Waals surface area contributed by atoms with Gasteiger partial charge in [-0.25, -0.2) is 8.78 Å². The third-order valence-electron chi connectivity index (χ3n) is 3.11. The summed E-state index contributed by atoms with van der Waals surface area (Å²) in [6.45, 7) is 4.47. The maximum atomic E-state index is 13.6. The number of hydrogen-bond acceptors (Lipinski definition) is 2. The van der Waals surface area contributed by atoms with Crippen molar-refractivity contribution in [2.45, 2.75) is 26.4 Å². The van der Waals surface area contributed by atoms with Crippen LogP contribution < -0.4 is 5.32 Å². The fourth-order valence-electron chi connectivity index (χ4n) is 2.11. The van der Waals surface area contributed by atoms with Gasteiger partial charge >= 0.3 is 0 Å². The van der Waals surface area contributed by atoms with Crippen LogP contribution in [0.15, 0.2) is 36.4 Å². The van der Waals surface area contributed by atoms with Crippen LogP contribution in [-0.4, -0.2) is 6.04 Å². The molecule has 0 aliphatic heterocycles. The summed E-state index contributed by atoms with van der Waals surface area (Å²) >= 11 is 0. The zero-order valence-electron chi connectivity index (χ0n) is 12.0. The van der Waals surface area contributed by atoms with Gasteiger partial charge in [-0.1, -0.05) is 19.9 Å². The molecule has 0 aliphatic carbocycles. The minimum Gasteiger partial charge on any atom is -0.310 e. The van der Waals surface area contributed by atoms with E-state index in [2.05, 4.69) is 5.32 Å². The highest BCUT2D eigenvalue weighted by Crippen LogP contribution is 2.26. The quantitative estimate of drug-likeness (QED) is 0.922.